The van der Waals surface area contributed by atoms with E-state index in [2.05, 4.69) is 4.98 Å². The Morgan fingerprint density at radius 3 is 2.18 bits per heavy atom. The van der Waals surface area contributed by atoms with Gasteiger partial charge in [0.2, 0.25) is 0 Å². The molecule has 0 aliphatic carbocycles. The lowest BCUT2D eigenvalue weighted by molar-refractivity contribution is -0.142. The highest BCUT2D eigenvalue weighted by Crippen LogP contribution is 2.40. The van der Waals surface area contributed by atoms with Gasteiger partial charge in [-0.15, -0.1) is 0 Å². The van der Waals surface area contributed by atoms with Crippen molar-refractivity contribution < 1.29 is 36.2 Å². The molecule has 176 valence electrons. The molecule has 1 N–H and O–H groups in total. The topological polar surface area (TPSA) is 42.4 Å². The number of halogens is 6. The Morgan fingerprint density at radius 2 is 1.50 bits per heavy atom. The van der Waals surface area contributed by atoms with Gasteiger partial charge < -0.3 is 9.84 Å². The van der Waals surface area contributed by atoms with Crippen molar-refractivity contribution in [3.8, 4) is 5.75 Å². The van der Waals surface area contributed by atoms with Crippen LogP contribution in [0.4, 0.5) is 26.3 Å². The Kier molecular flexibility index (Phi) is 6.22. The number of ether oxygens (including phenoxy) is 1. The smallest absolute Gasteiger partial charge is 0.433 e. The van der Waals surface area contributed by atoms with E-state index in [9.17, 15) is 31.4 Å². The van der Waals surface area contributed by atoms with Crippen molar-refractivity contribution in [2.45, 2.75) is 25.1 Å². The largest absolute Gasteiger partial charge is 0.489 e. The number of alkyl halides is 6. The molecule has 0 spiro atoms. The molecule has 3 nitrogen and oxygen atoms in total. The number of nitrogens with zero attached hydrogens (tertiary/aromatic N) is 1. The zero-order valence-corrected chi connectivity index (χ0v) is 17.4. The van der Waals surface area contributed by atoms with Crippen molar-refractivity contribution in [3.63, 3.8) is 0 Å². The van der Waals surface area contributed by atoms with Gasteiger partial charge in [0.25, 0.3) is 0 Å². The number of aliphatic hydroxyl groups is 1. The fourth-order valence-electron chi connectivity index (χ4n) is 3.57. The van der Waals surface area contributed by atoms with Crippen LogP contribution in [0.15, 0.2) is 78.9 Å². The molecule has 9 heteroatoms. The Morgan fingerprint density at radius 1 is 0.794 bits per heavy atom. The van der Waals surface area contributed by atoms with Gasteiger partial charge in [-0.25, -0.2) is 4.98 Å². The van der Waals surface area contributed by atoms with Crippen molar-refractivity contribution in [3.05, 3.63) is 107 Å². The monoisotopic (exact) mass is 477 g/mol. The molecule has 4 aromatic rings. The average molecular weight is 477 g/mol. The SMILES string of the molecule is OC(c1cccc(OCc2ccccc2)c1)c1cc(C(F)(F)F)nc2c(C(F)(F)F)cccc12. The highest BCUT2D eigenvalue weighted by molar-refractivity contribution is 5.86. The Labute approximate surface area is 190 Å². The van der Waals surface area contributed by atoms with Crippen LogP contribution in [0.5, 0.6) is 5.75 Å². The van der Waals surface area contributed by atoms with E-state index in [0.717, 1.165) is 11.6 Å². The van der Waals surface area contributed by atoms with Crippen molar-refractivity contribution in [1.82, 2.24) is 4.98 Å². The maximum Gasteiger partial charge on any atom is 0.433 e. The number of fused-ring (bicyclic) bond motifs is 1. The maximum atomic E-state index is 13.5. The van der Waals surface area contributed by atoms with E-state index in [-0.39, 0.29) is 23.1 Å². The van der Waals surface area contributed by atoms with E-state index in [1.165, 1.54) is 24.3 Å². The summed E-state index contributed by atoms with van der Waals surface area (Å²) >= 11 is 0. The fourth-order valence-corrected chi connectivity index (χ4v) is 3.57. The van der Waals surface area contributed by atoms with Crippen LogP contribution in [0.1, 0.15) is 34.1 Å². The number of benzene rings is 3. The molecule has 1 aromatic heterocycles. The second-order valence-corrected chi connectivity index (χ2v) is 7.54. The number of pyridine rings is 1. The summed E-state index contributed by atoms with van der Waals surface area (Å²) in [6, 6.07) is 18.7. The number of hydrogen-bond acceptors (Lipinski definition) is 3. The van der Waals surface area contributed by atoms with Crippen LogP contribution in [-0.2, 0) is 19.0 Å². The average Bonchev–Trinajstić information content (AvgIpc) is 2.81. The van der Waals surface area contributed by atoms with Gasteiger partial charge in [-0.05, 0) is 41.0 Å². The molecule has 1 heterocycles. The number of para-hydroxylation sites is 1. The van der Waals surface area contributed by atoms with Gasteiger partial charge in [-0.2, -0.15) is 26.3 Å². The van der Waals surface area contributed by atoms with Crippen molar-refractivity contribution in [2.75, 3.05) is 0 Å². The van der Waals surface area contributed by atoms with Crippen molar-refractivity contribution >= 4 is 10.9 Å². The third kappa shape index (κ3) is 4.99. The van der Waals surface area contributed by atoms with Gasteiger partial charge in [-0.3, -0.25) is 0 Å². The van der Waals surface area contributed by atoms with Crippen LogP contribution in [0.2, 0.25) is 0 Å². The summed E-state index contributed by atoms with van der Waals surface area (Å²) in [4.78, 5) is 3.25. The van der Waals surface area contributed by atoms with Crippen LogP contribution in [0.25, 0.3) is 10.9 Å². The van der Waals surface area contributed by atoms with Crippen LogP contribution >= 0.6 is 0 Å². The lowest BCUT2D eigenvalue weighted by atomic mass is 9.95. The van der Waals surface area contributed by atoms with Crippen LogP contribution in [0, 0.1) is 0 Å². The normalized spacial score (nSPS) is 13.1. The minimum absolute atomic E-state index is 0.156. The number of aliphatic hydroxyl groups excluding tert-OH is 1. The summed E-state index contributed by atoms with van der Waals surface area (Å²) < 4.78 is 86.5. The molecule has 0 bridgehead atoms. The summed E-state index contributed by atoms with van der Waals surface area (Å²) in [5, 5.41) is 10.7. The molecule has 0 amide bonds. The van der Waals surface area contributed by atoms with Gasteiger partial charge in [0.15, 0.2) is 0 Å². The highest BCUT2D eigenvalue weighted by Gasteiger charge is 2.38. The van der Waals surface area contributed by atoms with E-state index in [0.29, 0.717) is 17.9 Å². The first-order chi connectivity index (χ1) is 16.0. The molecule has 1 unspecified atom stereocenters. The minimum Gasteiger partial charge on any atom is -0.489 e. The molecule has 34 heavy (non-hydrogen) atoms. The molecular weight excluding hydrogens is 460 g/mol. The number of aromatic nitrogens is 1. The van der Waals surface area contributed by atoms with Gasteiger partial charge in [0.05, 0.1) is 11.1 Å². The molecule has 4 rings (SSSR count). The summed E-state index contributed by atoms with van der Waals surface area (Å²) in [6.45, 7) is 0.214. The summed E-state index contributed by atoms with van der Waals surface area (Å²) in [6.07, 6.45) is -11.6. The molecule has 0 saturated carbocycles. The molecule has 0 radical (unpaired) electrons. The van der Waals surface area contributed by atoms with E-state index in [4.69, 9.17) is 4.74 Å². The minimum atomic E-state index is -5.01. The lowest BCUT2D eigenvalue weighted by Crippen LogP contribution is -2.14. The second-order valence-electron chi connectivity index (χ2n) is 7.54. The molecule has 0 fully saturated rings. The molecule has 0 saturated heterocycles. The zero-order chi connectivity index (χ0) is 24.5. The molecular formula is C25H17F6NO2. The lowest BCUT2D eigenvalue weighted by Gasteiger charge is -2.19. The Hall–Kier alpha value is -3.59. The molecule has 0 aliphatic heterocycles. The Bertz CT molecular complexity index is 1300. The van der Waals surface area contributed by atoms with Gasteiger partial charge in [0, 0.05) is 5.39 Å². The van der Waals surface area contributed by atoms with E-state index in [1.54, 1.807) is 6.07 Å². The first kappa shape index (κ1) is 23.6. The standard InChI is InChI=1S/C25H17F6NO2/c26-24(27,28)20-11-5-10-18-19(13-21(25(29,30)31)32-22(18)20)23(33)16-8-4-9-17(12-16)34-14-15-6-2-1-3-7-15/h1-13,23,33H,14H2. The van der Waals surface area contributed by atoms with E-state index in [1.807, 2.05) is 30.3 Å². The highest BCUT2D eigenvalue weighted by atomic mass is 19.4. The first-order valence-electron chi connectivity index (χ1n) is 10.1. The third-order valence-electron chi connectivity index (χ3n) is 5.18. The first-order valence-corrected chi connectivity index (χ1v) is 10.1. The quantitative estimate of drug-likeness (QED) is 0.317. The summed E-state index contributed by atoms with van der Waals surface area (Å²) in [5.74, 6) is 0.339. The van der Waals surface area contributed by atoms with Crippen LogP contribution in [-0.4, -0.2) is 10.1 Å². The van der Waals surface area contributed by atoms with E-state index < -0.39 is 35.2 Å². The molecule has 3 aromatic carbocycles. The number of hydrogen-bond donors (Lipinski definition) is 1. The van der Waals surface area contributed by atoms with Gasteiger partial charge >= 0.3 is 12.4 Å². The second kappa shape index (κ2) is 8.98. The predicted octanol–water partition coefficient (Wildman–Crippen LogP) is 6.93. The van der Waals surface area contributed by atoms with Crippen molar-refractivity contribution in [1.29, 1.82) is 0 Å². The van der Waals surface area contributed by atoms with Crippen LogP contribution < -0.4 is 4.74 Å². The summed E-state index contributed by atoms with van der Waals surface area (Å²) in [7, 11) is 0. The van der Waals surface area contributed by atoms with Gasteiger partial charge in [0.1, 0.15) is 24.2 Å². The fraction of sp³-hybridized carbons (Fsp3) is 0.160. The molecule has 0 aliphatic rings. The predicted molar refractivity (Wildman–Crippen MR) is 113 cm³/mol. The van der Waals surface area contributed by atoms with E-state index >= 15 is 0 Å². The zero-order valence-electron chi connectivity index (χ0n) is 17.4. The van der Waals surface area contributed by atoms with Crippen molar-refractivity contribution in [2.24, 2.45) is 0 Å². The van der Waals surface area contributed by atoms with Gasteiger partial charge in [-0.1, -0.05) is 54.6 Å². The maximum absolute atomic E-state index is 13.5. The summed E-state index contributed by atoms with van der Waals surface area (Å²) in [5.41, 5.74) is -3.03. The van der Waals surface area contributed by atoms with Crippen LogP contribution in [0.3, 0.4) is 0 Å². The third-order valence-corrected chi connectivity index (χ3v) is 5.18. The molecule has 1 atom stereocenters. The Balaban J connectivity index is 1.77. The number of rotatable bonds is 5.